The van der Waals surface area contributed by atoms with Crippen molar-refractivity contribution in [1.29, 1.82) is 0 Å². The summed E-state index contributed by atoms with van der Waals surface area (Å²) in [7, 11) is 0. The van der Waals surface area contributed by atoms with Crippen molar-refractivity contribution in [3.8, 4) is 0 Å². The van der Waals surface area contributed by atoms with Gasteiger partial charge in [-0.2, -0.15) is 4.72 Å². The second-order valence-electron chi connectivity index (χ2n) is 7.62. The van der Waals surface area contributed by atoms with Crippen LogP contribution >= 0.6 is 45.3 Å². The first-order chi connectivity index (χ1) is 16.6. The second-order valence-corrected chi connectivity index (χ2v) is 12.8. The van der Waals surface area contributed by atoms with Crippen LogP contribution in [0.4, 0.5) is 10.3 Å². The third-order valence-electron chi connectivity index (χ3n) is 5.23. The van der Waals surface area contributed by atoms with Crippen molar-refractivity contribution < 1.29 is 9.35 Å². The van der Waals surface area contributed by atoms with Crippen molar-refractivity contribution in [2.75, 3.05) is 10.0 Å². The Kier molecular flexibility index (Phi) is 7.76. The molecule has 2 N–H and O–H groups in total. The van der Waals surface area contributed by atoms with Crippen LogP contribution in [0.25, 0.3) is 0 Å². The zero-order chi connectivity index (χ0) is 23.3. The van der Waals surface area contributed by atoms with Gasteiger partial charge in [-0.1, -0.05) is 29.1 Å². The van der Waals surface area contributed by atoms with Gasteiger partial charge >= 0.3 is 0 Å². The third-order valence-corrected chi connectivity index (χ3v) is 10.1. The van der Waals surface area contributed by atoms with Crippen molar-refractivity contribution in [3.63, 3.8) is 0 Å². The van der Waals surface area contributed by atoms with Crippen LogP contribution in [0.1, 0.15) is 57.5 Å². The lowest BCUT2D eigenvalue weighted by atomic mass is 9.82. The molecule has 0 saturated heterocycles. The third kappa shape index (κ3) is 6.14. The number of nitrogens with zero attached hydrogens (tertiary/aromatic N) is 6. The Bertz CT molecular complexity index is 1200. The van der Waals surface area contributed by atoms with Crippen LogP contribution in [0.3, 0.4) is 0 Å². The molecule has 0 aliphatic heterocycles. The molecule has 0 spiro atoms. The van der Waals surface area contributed by atoms with Gasteiger partial charge in [0.05, 0.1) is 17.8 Å². The summed E-state index contributed by atoms with van der Waals surface area (Å²) in [6, 6.07) is 0. The van der Waals surface area contributed by atoms with Gasteiger partial charge in [0.15, 0.2) is 5.75 Å². The van der Waals surface area contributed by atoms with Crippen LogP contribution in [0.5, 0.6) is 0 Å². The molecule has 34 heavy (non-hydrogen) atoms. The van der Waals surface area contributed by atoms with Gasteiger partial charge in [-0.25, -0.2) is 9.97 Å². The van der Waals surface area contributed by atoms with Gasteiger partial charge in [0.1, 0.15) is 20.0 Å². The summed E-state index contributed by atoms with van der Waals surface area (Å²) in [5.41, 5.74) is 0. The number of carbonyl (C=O) groups excluding carboxylic acids is 1. The highest BCUT2D eigenvalue weighted by Gasteiger charge is 2.29. The number of nitrogens with one attached hydrogen (secondary N) is 2. The first-order valence-corrected chi connectivity index (χ1v) is 15.2. The van der Waals surface area contributed by atoms with Gasteiger partial charge in [-0.05, 0) is 19.3 Å². The molecular weight excluding hydrogens is 533 g/mol. The van der Waals surface area contributed by atoms with E-state index in [0.717, 1.165) is 45.7 Å². The molecule has 0 aromatic carbocycles. The second kappa shape index (κ2) is 11.1. The number of carbonyl (C=O) groups is 1. The molecule has 0 radical (unpaired) electrons. The highest BCUT2D eigenvalue weighted by Crippen LogP contribution is 2.43. The molecule has 4 heterocycles. The predicted octanol–water partition coefficient (Wildman–Crippen LogP) is 4.20. The van der Waals surface area contributed by atoms with Crippen LogP contribution in [-0.2, 0) is 28.3 Å². The number of hydrogen-bond donors (Lipinski definition) is 2. The van der Waals surface area contributed by atoms with Crippen molar-refractivity contribution in [2.24, 2.45) is 0 Å². The molecule has 4 aromatic heterocycles. The van der Waals surface area contributed by atoms with Crippen LogP contribution in [0.15, 0.2) is 23.2 Å². The summed E-state index contributed by atoms with van der Waals surface area (Å²) < 4.78 is 15.3. The fourth-order valence-corrected chi connectivity index (χ4v) is 8.05. The Morgan fingerprint density at radius 3 is 2.29 bits per heavy atom. The molecule has 1 saturated carbocycles. The minimum atomic E-state index is -1.29. The van der Waals surface area contributed by atoms with Crippen LogP contribution in [0, 0.1) is 0 Å². The van der Waals surface area contributed by atoms with Crippen molar-refractivity contribution in [1.82, 2.24) is 30.4 Å². The molecule has 0 bridgehead atoms. The van der Waals surface area contributed by atoms with Gasteiger partial charge in [-0.15, -0.1) is 43.1 Å². The lowest BCUT2D eigenvalue weighted by Crippen LogP contribution is -2.14. The van der Waals surface area contributed by atoms with E-state index in [2.05, 4.69) is 40.4 Å². The number of thiazole rings is 2. The Labute approximate surface area is 214 Å². The van der Waals surface area contributed by atoms with Crippen LogP contribution < -0.4 is 10.0 Å². The lowest BCUT2D eigenvalue weighted by Gasteiger charge is -2.25. The van der Waals surface area contributed by atoms with E-state index in [1.54, 1.807) is 12.4 Å². The van der Waals surface area contributed by atoms with Gasteiger partial charge in [0.25, 0.3) is 0 Å². The molecule has 15 heteroatoms. The molecule has 1 amide bonds. The van der Waals surface area contributed by atoms with E-state index in [9.17, 15) is 9.35 Å². The highest BCUT2D eigenvalue weighted by atomic mass is 32.2. The maximum absolute atomic E-state index is 12.3. The molecule has 1 aliphatic carbocycles. The molecule has 4 aromatic rings. The van der Waals surface area contributed by atoms with Crippen molar-refractivity contribution in [2.45, 2.75) is 49.7 Å². The zero-order valence-corrected chi connectivity index (χ0v) is 21.8. The fourth-order valence-electron chi connectivity index (χ4n) is 3.74. The normalized spacial score (nSPS) is 19.1. The Morgan fingerprint density at radius 1 is 0.971 bits per heavy atom. The number of anilines is 2. The predicted molar refractivity (Wildman–Crippen MR) is 136 cm³/mol. The van der Waals surface area contributed by atoms with Crippen LogP contribution in [0.2, 0.25) is 0 Å². The maximum Gasteiger partial charge on any atom is 0.247 e. The number of hydrogen-bond acceptors (Lipinski definition) is 13. The minimum absolute atomic E-state index is 0.139. The number of rotatable bonds is 9. The molecule has 1 aliphatic rings. The number of aromatic nitrogens is 6. The minimum Gasteiger partial charge on any atom is -0.593 e. The standard InChI is InChI=1S/C19H20N8O2S5/c28-13(9-14-20-4-6-30-14)22-18-25-23-16(32-18)11-2-1-3-12(8-11)17-24-26-19(33-17)27-34(29)10-15-21-5-7-31-15/h4-7,11-12H,1-3,8-10H2,(H,26,27)(H,22,25,28)/t11-,12?,34?/m0/s1. The molecule has 1 fully saturated rings. The van der Waals surface area contributed by atoms with E-state index < -0.39 is 11.4 Å². The highest BCUT2D eigenvalue weighted by molar-refractivity contribution is 7.92. The summed E-state index contributed by atoms with van der Waals surface area (Å²) in [5.74, 6) is 0.740. The average molecular weight is 553 g/mol. The summed E-state index contributed by atoms with van der Waals surface area (Å²) in [6.07, 6.45) is 7.65. The summed E-state index contributed by atoms with van der Waals surface area (Å²) >= 11 is 4.53. The average Bonchev–Trinajstić information content (AvgIpc) is 3.63. The maximum atomic E-state index is 12.3. The first-order valence-electron chi connectivity index (χ1n) is 10.5. The van der Waals surface area contributed by atoms with E-state index in [1.807, 2.05) is 10.8 Å². The monoisotopic (exact) mass is 552 g/mol. The molecule has 5 rings (SSSR count). The zero-order valence-electron chi connectivity index (χ0n) is 17.7. The largest absolute Gasteiger partial charge is 0.593 e. The van der Waals surface area contributed by atoms with E-state index in [-0.39, 0.29) is 24.2 Å². The Morgan fingerprint density at radius 2 is 1.62 bits per heavy atom. The summed E-state index contributed by atoms with van der Waals surface area (Å²) in [5, 5.41) is 28.2. The lowest BCUT2D eigenvalue weighted by molar-refractivity contribution is -0.115. The molecule has 10 nitrogen and oxygen atoms in total. The molecule has 3 atom stereocenters. The van der Waals surface area contributed by atoms with Gasteiger partial charge in [0, 0.05) is 35.0 Å². The van der Waals surface area contributed by atoms with E-state index in [4.69, 9.17) is 0 Å². The van der Waals surface area contributed by atoms with Crippen molar-refractivity contribution >= 4 is 72.9 Å². The van der Waals surface area contributed by atoms with Crippen LogP contribution in [-0.4, -0.2) is 40.8 Å². The first kappa shape index (κ1) is 23.7. The Balaban J connectivity index is 1.16. The molecular formula is C19H20N8O2S5. The Hall–Kier alpha value is -2.04. The summed E-state index contributed by atoms with van der Waals surface area (Å²) in [6.45, 7) is 0. The van der Waals surface area contributed by atoms with Gasteiger partial charge in [-0.3, -0.25) is 4.79 Å². The fraction of sp³-hybridized carbons (Fsp3) is 0.421. The van der Waals surface area contributed by atoms with E-state index >= 15 is 0 Å². The smallest absolute Gasteiger partial charge is 0.247 e. The van der Waals surface area contributed by atoms with Gasteiger partial charge in [0.2, 0.25) is 16.2 Å². The van der Waals surface area contributed by atoms with E-state index in [0.29, 0.717) is 16.0 Å². The topological polar surface area (TPSA) is 142 Å². The summed E-state index contributed by atoms with van der Waals surface area (Å²) in [4.78, 5) is 20.5. The quantitative estimate of drug-likeness (QED) is 0.292. The SMILES string of the molecule is O=C(Cc1nccs1)Nc1nnc([C@H]2CCCC(c3nnc(N[S+]([O-])Cc4nccs4)s3)C2)s1. The molecule has 2 unspecified atom stereocenters. The molecule has 178 valence electrons. The van der Waals surface area contributed by atoms with Crippen molar-refractivity contribution in [3.05, 3.63) is 43.2 Å². The van der Waals surface area contributed by atoms with E-state index in [1.165, 1.54) is 45.3 Å². The number of amides is 1. The van der Waals surface area contributed by atoms with Gasteiger partial charge < -0.3 is 9.87 Å².